The minimum absolute atomic E-state index is 0.970. The van der Waals surface area contributed by atoms with Crippen LogP contribution in [0.1, 0.15) is 32.1 Å². The van der Waals surface area contributed by atoms with Gasteiger partial charge in [-0.3, -0.25) is 0 Å². The Morgan fingerprint density at radius 1 is 0.955 bits per heavy atom. The van der Waals surface area contributed by atoms with Crippen LogP contribution in [0.15, 0.2) is 35.2 Å². The summed E-state index contributed by atoms with van der Waals surface area (Å²) in [7, 11) is 4.55. The van der Waals surface area contributed by atoms with E-state index in [4.69, 9.17) is 0 Å². The molecule has 1 fully saturated rings. The molecule has 0 amide bonds. The SMILES string of the molecule is CN(CCCSc1ccccc1)CCN(C)CC1CCCC1. The Bertz CT molecular complexity index is 390. The minimum Gasteiger partial charge on any atom is -0.305 e. The van der Waals surface area contributed by atoms with Crippen LogP contribution >= 0.6 is 11.8 Å². The first-order valence-electron chi connectivity index (χ1n) is 8.79. The summed E-state index contributed by atoms with van der Waals surface area (Å²) < 4.78 is 0. The van der Waals surface area contributed by atoms with E-state index >= 15 is 0 Å². The van der Waals surface area contributed by atoms with E-state index in [1.807, 2.05) is 11.8 Å². The molecule has 124 valence electrons. The van der Waals surface area contributed by atoms with E-state index < -0.39 is 0 Å². The van der Waals surface area contributed by atoms with Gasteiger partial charge in [0.25, 0.3) is 0 Å². The topological polar surface area (TPSA) is 6.48 Å². The molecule has 1 aliphatic rings. The average Bonchev–Trinajstić information content (AvgIpc) is 3.03. The summed E-state index contributed by atoms with van der Waals surface area (Å²) in [6, 6.07) is 10.7. The second-order valence-corrected chi connectivity index (χ2v) is 7.90. The van der Waals surface area contributed by atoms with Crippen molar-refractivity contribution in [1.29, 1.82) is 0 Å². The fraction of sp³-hybridized carbons (Fsp3) is 0.684. The number of rotatable bonds is 10. The Morgan fingerprint density at radius 3 is 2.36 bits per heavy atom. The van der Waals surface area contributed by atoms with Crippen molar-refractivity contribution < 1.29 is 0 Å². The number of nitrogens with zero attached hydrogens (tertiary/aromatic N) is 2. The fourth-order valence-electron chi connectivity index (χ4n) is 3.22. The lowest BCUT2D eigenvalue weighted by molar-refractivity contribution is 0.231. The van der Waals surface area contributed by atoms with Crippen LogP contribution in [0.5, 0.6) is 0 Å². The van der Waals surface area contributed by atoms with E-state index in [-0.39, 0.29) is 0 Å². The molecule has 0 atom stereocenters. The second kappa shape index (κ2) is 10.3. The van der Waals surface area contributed by atoms with Gasteiger partial charge in [0, 0.05) is 24.5 Å². The van der Waals surface area contributed by atoms with Crippen molar-refractivity contribution in [2.24, 2.45) is 5.92 Å². The van der Waals surface area contributed by atoms with Gasteiger partial charge in [0.1, 0.15) is 0 Å². The van der Waals surface area contributed by atoms with Gasteiger partial charge in [-0.15, -0.1) is 11.8 Å². The Kier molecular flexibility index (Phi) is 8.35. The van der Waals surface area contributed by atoms with E-state index in [0.29, 0.717) is 0 Å². The normalized spacial score (nSPS) is 16.0. The van der Waals surface area contributed by atoms with Crippen LogP contribution in [0.4, 0.5) is 0 Å². The number of hydrogen-bond acceptors (Lipinski definition) is 3. The summed E-state index contributed by atoms with van der Waals surface area (Å²) in [4.78, 5) is 6.41. The molecule has 0 heterocycles. The molecule has 0 radical (unpaired) electrons. The van der Waals surface area contributed by atoms with Gasteiger partial charge in [0.15, 0.2) is 0 Å². The van der Waals surface area contributed by atoms with Crippen molar-refractivity contribution >= 4 is 11.8 Å². The highest BCUT2D eigenvalue weighted by atomic mass is 32.2. The van der Waals surface area contributed by atoms with E-state index in [0.717, 1.165) is 5.92 Å². The van der Waals surface area contributed by atoms with E-state index in [2.05, 4.69) is 54.2 Å². The second-order valence-electron chi connectivity index (χ2n) is 6.73. The van der Waals surface area contributed by atoms with Gasteiger partial charge in [-0.1, -0.05) is 31.0 Å². The Labute approximate surface area is 141 Å². The third kappa shape index (κ3) is 7.17. The molecule has 2 nitrogen and oxygen atoms in total. The molecule has 0 aromatic heterocycles. The number of benzene rings is 1. The summed E-state index contributed by atoms with van der Waals surface area (Å²) in [5, 5.41) is 0. The van der Waals surface area contributed by atoms with Crippen molar-refractivity contribution in [3.63, 3.8) is 0 Å². The first-order valence-corrected chi connectivity index (χ1v) is 9.77. The highest BCUT2D eigenvalue weighted by Gasteiger charge is 2.16. The molecule has 0 unspecified atom stereocenters. The average molecular weight is 321 g/mol. The predicted molar refractivity (Wildman–Crippen MR) is 98.7 cm³/mol. The molecule has 1 saturated carbocycles. The van der Waals surface area contributed by atoms with Crippen LogP contribution in [0, 0.1) is 5.92 Å². The summed E-state index contributed by atoms with van der Waals surface area (Å²) in [5.74, 6) is 2.18. The molecule has 1 aromatic rings. The third-order valence-electron chi connectivity index (χ3n) is 4.60. The quantitative estimate of drug-likeness (QED) is 0.471. The zero-order valence-corrected chi connectivity index (χ0v) is 15.2. The zero-order chi connectivity index (χ0) is 15.6. The molecule has 1 aliphatic carbocycles. The number of likely N-dealkylation sites (N-methyl/N-ethyl adjacent to an activating group) is 2. The molecule has 0 saturated heterocycles. The van der Waals surface area contributed by atoms with Crippen molar-refractivity contribution in [2.45, 2.75) is 37.0 Å². The van der Waals surface area contributed by atoms with Crippen LogP contribution in [-0.4, -0.2) is 55.8 Å². The number of hydrogen-bond donors (Lipinski definition) is 0. The summed E-state index contributed by atoms with van der Waals surface area (Å²) in [5.41, 5.74) is 0. The van der Waals surface area contributed by atoms with E-state index in [1.54, 1.807) is 0 Å². The van der Waals surface area contributed by atoms with Crippen molar-refractivity contribution in [3.8, 4) is 0 Å². The maximum atomic E-state index is 2.53. The lowest BCUT2D eigenvalue weighted by Gasteiger charge is -2.24. The van der Waals surface area contributed by atoms with Gasteiger partial charge in [0.05, 0.1) is 0 Å². The summed E-state index contributed by atoms with van der Waals surface area (Å²) in [6.45, 7) is 4.91. The summed E-state index contributed by atoms with van der Waals surface area (Å²) in [6.07, 6.45) is 7.09. The molecule has 1 aromatic carbocycles. The Hall–Kier alpha value is -0.510. The van der Waals surface area contributed by atoms with E-state index in [1.165, 1.54) is 68.9 Å². The van der Waals surface area contributed by atoms with Gasteiger partial charge in [-0.25, -0.2) is 0 Å². The molecular formula is C19H32N2S. The van der Waals surface area contributed by atoms with Gasteiger partial charge in [-0.2, -0.15) is 0 Å². The summed E-state index contributed by atoms with van der Waals surface area (Å²) >= 11 is 1.97. The third-order valence-corrected chi connectivity index (χ3v) is 5.70. The standard InChI is InChI=1S/C19H32N2S/c1-20(13-8-16-22-19-11-4-3-5-12-19)14-15-21(2)17-18-9-6-7-10-18/h3-5,11-12,18H,6-10,13-17H2,1-2H3. The van der Waals surface area contributed by atoms with Crippen LogP contribution in [0.25, 0.3) is 0 Å². The molecular weight excluding hydrogens is 288 g/mol. The van der Waals surface area contributed by atoms with Crippen molar-refractivity contribution in [3.05, 3.63) is 30.3 Å². The predicted octanol–water partition coefficient (Wildman–Crippen LogP) is 4.22. The molecule has 2 rings (SSSR count). The van der Waals surface area contributed by atoms with Gasteiger partial charge in [-0.05, 0) is 63.7 Å². The minimum atomic E-state index is 0.970. The Balaban J connectivity index is 1.49. The largest absolute Gasteiger partial charge is 0.305 e. The Morgan fingerprint density at radius 2 is 1.64 bits per heavy atom. The highest BCUT2D eigenvalue weighted by Crippen LogP contribution is 2.25. The lowest BCUT2D eigenvalue weighted by atomic mass is 10.1. The van der Waals surface area contributed by atoms with Gasteiger partial charge >= 0.3 is 0 Å². The van der Waals surface area contributed by atoms with E-state index in [9.17, 15) is 0 Å². The first kappa shape index (κ1) is 17.8. The smallest absolute Gasteiger partial charge is 0.0106 e. The number of thioether (sulfide) groups is 1. The fourth-order valence-corrected chi connectivity index (χ4v) is 4.08. The lowest BCUT2D eigenvalue weighted by Crippen LogP contribution is -2.33. The van der Waals surface area contributed by atoms with Crippen molar-refractivity contribution in [2.75, 3.05) is 46.0 Å². The monoisotopic (exact) mass is 320 g/mol. The first-order chi connectivity index (χ1) is 10.7. The van der Waals surface area contributed by atoms with Gasteiger partial charge in [0.2, 0.25) is 0 Å². The maximum absolute atomic E-state index is 2.53. The van der Waals surface area contributed by atoms with Crippen LogP contribution in [0.3, 0.4) is 0 Å². The molecule has 0 bridgehead atoms. The van der Waals surface area contributed by atoms with Crippen LogP contribution in [-0.2, 0) is 0 Å². The molecule has 0 N–H and O–H groups in total. The maximum Gasteiger partial charge on any atom is 0.0106 e. The highest BCUT2D eigenvalue weighted by molar-refractivity contribution is 7.99. The van der Waals surface area contributed by atoms with Crippen LogP contribution < -0.4 is 0 Å². The molecule has 0 aliphatic heterocycles. The van der Waals surface area contributed by atoms with Gasteiger partial charge < -0.3 is 9.80 Å². The molecule has 0 spiro atoms. The molecule has 3 heteroatoms. The van der Waals surface area contributed by atoms with Crippen LogP contribution in [0.2, 0.25) is 0 Å². The van der Waals surface area contributed by atoms with Crippen molar-refractivity contribution in [1.82, 2.24) is 9.80 Å². The molecule has 22 heavy (non-hydrogen) atoms. The zero-order valence-electron chi connectivity index (χ0n) is 14.3.